The van der Waals surface area contributed by atoms with Crippen LogP contribution in [0.15, 0.2) is 84.9 Å². The van der Waals surface area contributed by atoms with Crippen molar-refractivity contribution in [2.75, 3.05) is 0 Å². The van der Waals surface area contributed by atoms with Crippen molar-refractivity contribution in [1.29, 1.82) is 0 Å². The molecule has 0 unspecified atom stereocenters. The van der Waals surface area contributed by atoms with E-state index in [-0.39, 0.29) is 5.91 Å². The topological polar surface area (TPSA) is 63.4 Å². The molecule has 0 aliphatic carbocycles. The van der Waals surface area contributed by atoms with E-state index in [1.807, 2.05) is 84.9 Å². The lowest BCUT2D eigenvalue weighted by Gasteiger charge is -2.37. The highest BCUT2D eigenvalue weighted by molar-refractivity contribution is 5.92. The molecule has 4 nitrogen and oxygen atoms in total. The number of fused-ring (bicyclic) bond motifs is 1. The van der Waals surface area contributed by atoms with E-state index < -0.39 is 17.9 Å². The molecule has 2 N–H and O–H groups in total. The van der Waals surface area contributed by atoms with Gasteiger partial charge in [0.2, 0.25) is 11.8 Å². The first-order valence-electron chi connectivity index (χ1n) is 9.41. The lowest BCUT2D eigenvalue weighted by molar-refractivity contribution is -0.141. The summed E-state index contributed by atoms with van der Waals surface area (Å²) in [5.41, 5.74) is 9.64. The normalized spacial score (nSPS) is 15.9. The minimum absolute atomic E-state index is 0.101. The monoisotopic (exact) mass is 370 g/mol. The third-order valence-corrected chi connectivity index (χ3v) is 5.37. The van der Waals surface area contributed by atoms with Crippen LogP contribution < -0.4 is 5.73 Å². The molecule has 1 aliphatic heterocycles. The summed E-state index contributed by atoms with van der Waals surface area (Å²) < 4.78 is 0. The molecule has 1 aliphatic rings. The first-order valence-corrected chi connectivity index (χ1v) is 9.41. The van der Waals surface area contributed by atoms with Crippen LogP contribution in [0.25, 0.3) is 0 Å². The number of nitrogens with two attached hydrogens (primary N) is 1. The third-order valence-electron chi connectivity index (χ3n) is 5.37. The standard InChI is InChI=1S/C24H22N2O2/c25-23(27)21-15-19-13-7-8-14-20(19)16-26(21)24(28)22(17-9-3-1-4-10-17)18-11-5-2-6-12-18/h1-14,21-22H,15-16H2,(H2,25,27)/t21-/m1/s1. The largest absolute Gasteiger partial charge is 0.368 e. The molecule has 4 rings (SSSR count). The van der Waals surface area contributed by atoms with Crippen LogP contribution in [-0.4, -0.2) is 22.8 Å². The zero-order chi connectivity index (χ0) is 19.5. The van der Waals surface area contributed by atoms with Gasteiger partial charge in [-0.2, -0.15) is 0 Å². The Morgan fingerprint density at radius 1 is 0.786 bits per heavy atom. The summed E-state index contributed by atoms with van der Waals surface area (Å²) in [5.74, 6) is -1.05. The van der Waals surface area contributed by atoms with E-state index in [9.17, 15) is 9.59 Å². The molecular formula is C24H22N2O2. The van der Waals surface area contributed by atoms with Gasteiger partial charge < -0.3 is 10.6 Å². The van der Waals surface area contributed by atoms with Crippen molar-refractivity contribution in [2.24, 2.45) is 5.73 Å². The number of benzene rings is 3. The summed E-state index contributed by atoms with van der Waals surface area (Å²) in [7, 11) is 0. The van der Waals surface area contributed by atoms with E-state index in [1.165, 1.54) is 0 Å². The zero-order valence-electron chi connectivity index (χ0n) is 15.5. The lowest BCUT2D eigenvalue weighted by atomic mass is 9.87. The molecule has 1 atom stereocenters. The number of hydrogen-bond acceptors (Lipinski definition) is 2. The highest BCUT2D eigenvalue weighted by atomic mass is 16.2. The molecule has 0 spiro atoms. The van der Waals surface area contributed by atoms with Crippen molar-refractivity contribution in [3.8, 4) is 0 Å². The lowest BCUT2D eigenvalue weighted by Crippen LogP contribution is -2.52. The number of carbonyl (C=O) groups is 2. The smallest absolute Gasteiger partial charge is 0.240 e. The SMILES string of the molecule is NC(=O)[C@H]1Cc2ccccc2CN1C(=O)C(c1ccccc1)c1ccccc1. The highest BCUT2D eigenvalue weighted by Crippen LogP contribution is 2.31. The first kappa shape index (κ1) is 18.0. The molecule has 0 saturated carbocycles. The van der Waals surface area contributed by atoms with Crippen LogP contribution in [0.5, 0.6) is 0 Å². The van der Waals surface area contributed by atoms with Crippen LogP contribution in [0.3, 0.4) is 0 Å². The van der Waals surface area contributed by atoms with Gasteiger partial charge in [-0.3, -0.25) is 9.59 Å². The van der Waals surface area contributed by atoms with E-state index in [1.54, 1.807) is 4.90 Å². The summed E-state index contributed by atoms with van der Waals surface area (Å²) in [6.45, 7) is 0.388. The summed E-state index contributed by atoms with van der Waals surface area (Å²) in [6, 6.07) is 26.6. The molecular weight excluding hydrogens is 348 g/mol. The molecule has 0 saturated heterocycles. The Morgan fingerprint density at radius 2 is 1.29 bits per heavy atom. The number of nitrogens with zero attached hydrogens (tertiary/aromatic N) is 1. The van der Waals surface area contributed by atoms with Crippen LogP contribution in [-0.2, 0) is 22.6 Å². The van der Waals surface area contributed by atoms with E-state index in [0.29, 0.717) is 13.0 Å². The second-order valence-electron chi connectivity index (χ2n) is 7.11. The Morgan fingerprint density at radius 3 is 1.82 bits per heavy atom. The second kappa shape index (κ2) is 7.69. The van der Waals surface area contributed by atoms with Gasteiger partial charge in [0, 0.05) is 13.0 Å². The van der Waals surface area contributed by atoms with Crippen molar-refractivity contribution in [2.45, 2.75) is 24.9 Å². The average Bonchev–Trinajstić information content (AvgIpc) is 2.74. The van der Waals surface area contributed by atoms with Crippen molar-refractivity contribution in [3.05, 3.63) is 107 Å². The van der Waals surface area contributed by atoms with Gasteiger partial charge in [-0.05, 0) is 22.3 Å². The highest BCUT2D eigenvalue weighted by Gasteiger charge is 2.37. The molecule has 0 fully saturated rings. The van der Waals surface area contributed by atoms with Crippen LogP contribution in [0.1, 0.15) is 28.2 Å². The summed E-state index contributed by atoms with van der Waals surface area (Å²) in [5, 5.41) is 0. The maximum absolute atomic E-state index is 13.7. The molecule has 4 heteroatoms. The fourth-order valence-corrected chi connectivity index (χ4v) is 3.94. The molecule has 140 valence electrons. The molecule has 28 heavy (non-hydrogen) atoms. The Labute approximate surface area is 164 Å². The molecule has 0 radical (unpaired) electrons. The minimum Gasteiger partial charge on any atom is -0.368 e. The Hall–Kier alpha value is -3.40. The van der Waals surface area contributed by atoms with Gasteiger partial charge in [0.1, 0.15) is 6.04 Å². The Bertz CT molecular complexity index is 946. The predicted octanol–water partition coefficient (Wildman–Crippen LogP) is 3.26. The minimum atomic E-state index is -0.641. The van der Waals surface area contributed by atoms with Gasteiger partial charge in [0.15, 0.2) is 0 Å². The molecule has 0 aromatic heterocycles. The van der Waals surface area contributed by atoms with Crippen molar-refractivity contribution >= 4 is 11.8 Å². The maximum Gasteiger partial charge on any atom is 0.240 e. The predicted molar refractivity (Wildman–Crippen MR) is 108 cm³/mol. The second-order valence-corrected chi connectivity index (χ2v) is 7.11. The quantitative estimate of drug-likeness (QED) is 0.766. The van der Waals surface area contributed by atoms with Crippen molar-refractivity contribution in [1.82, 2.24) is 4.90 Å². The van der Waals surface area contributed by atoms with Crippen molar-refractivity contribution in [3.63, 3.8) is 0 Å². The molecule has 1 heterocycles. The molecule has 3 aromatic rings. The number of rotatable bonds is 4. The maximum atomic E-state index is 13.7. The summed E-state index contributed by atoms with van der Waals surface area (Å²) >= 11 is 0. The Kier molecular flexibility index (Phi) is 4.94. The third kappa shape index (κ3) is 3.41. The number of primary amides is 1. The van der Waals surface area contributed by atoms with Gasteiger partial charge in [-0.1, -0.05) is 84.9 Å². The van der Waals surface area contributed by atoms with Gasteiger partial charge in [-0.15, -0.1) is 0 Å². The van der Waals surface area contributed by atoms with Gasteiger partial charge >= 0.3 is 0 Å². The van der Waals surface area contributed by atoms with Gasteiger partial charge in [0.25, 0.3) is 0 Å². The summed E-state index contributed by atoms with van der Waals surface area (Å²) in [6.07, 6.45) is 0.452. The fraction of sp³-hybridized carbons (Fsp3) is 0.167. The van der Waals surface area contributed by atoms with E-state index >= 15 is 0 Å². The average molecular weight is 370 g/mol. The molecule has 2 amide bonds. The zero-order valence-corrected chi connectivity index (χ0v) is 15.5. The van der Waals surface area contributed by atoms with Gasteiger partial charge in [0.05, 0.1) is 5.92 Å². The number of amides is 2. The summed E-state index contributed by atoms with van der Waals surface area (Å²) in [4.78, 5) is 27.6. The van der Waals surface area contributed by atoms with Crippen LogP contribution in [0, 0.1) is 0 Å². The molecule has 3 aromatic carbocycles. The van der Waals surface area contributed by atoms with Crippen LogP contribution in [0.4, 0.5) is 0 Å². The number of hydrogen-bond donors (Lipinski definition) is 1. The van der Waals surface area contributed by atoms with E-state index in [2.05, 4.69) is 0 Å². The molecule has 0 bridgehead atoms. The Balaban J connectivity index is 1.76. The van der Waals surface area contributed by atoms with Crippen LogP contribution >= 0.6 is 0 Å². The van der Waals surface area contributed by atoms with Gasteiger partial charge in [-0.25, -0.2) is 0 Å². The fourth-order valence-electron chi connectivity index (χ4n) is 3.94. The number of carbonyl (C=O) groups excluding carboxylic acids is 2. The van der Waals surface area contributed by atoms with E-state index in [4.69, 9.17) is 5.73 Å². The van der Waals surface area contributed by atoms with Crippen molar-refractivity contribution < 1.29 is 9.59 Å². The van der Waals surface area contributed by atoms with E-state index in [0.717, 1.165) is 22.3 Å². The van der Waals surface area contributed by atoms with Crippen LogP contribution in [0.2, 0.25) is 0 Å². The first-order chi connectivity index (χ1) is 13.6.